The van der Waals surface area contributed by atoms with Crippen molar-refractivity contribution in [2.45, 2.75) is 26.4 Å². The molecule has 0 amide bonds. The summed E-state index contributed by atoms with van der Waals surface area (Å²) in [6.45, 7) is 5.11. The molecule has 0 N–H and O–H groups in total. The lowest BCUT2D eigenvalue weighted by molar-refractivity contribution is -0.140. The van der Waals surface area contributed by atoms with Gasteiger partial charge < -0.3 is 23.8 Å². The number of hydrogen-bond donors (Lipinski definition) is 0. The van der Waals surface area contributed by atoms with Crippen LogP contribution in [-0.4, -0.2) is 51.1 Å². The fourth-order valence-electron chi connectivity index (χ4n) is 2.55. The molecule has 1 aromatic rings. The van der Waals surface area contributed by atoms with Gasteiger partial charge in [0, 0.05) is 0 Å². The van der Waals surface area contributed by atoms with Crippen molar-refractivity contribution in [3.8, 4) is 0 Å². The molecule has 0 fully saturated rings. The Morgan fingerprint density at radius 2 is 1.63 bits per heavy atom. The average Bonchev–Trinajstić information content (AvgIpc) is 2.64. The molecule has 0 spiro atoms. The molecule has 1 heterocycles. The van der Waals surface area contributed by atoms with Crippen LogP contribution >= 0.6 is 0 Å². The third-order valence-corrected chi connectivity index (χ3v) is 3.65. The minimum Gasteiger partial charge on any atom is -0.466 e. The topological polar surface area (TPSA) is 91.4 Å². The smallest absolute Gasteiger partial charge is 0.355 e. The summed E-state index contributed by atoms with van der Waals surface area (Å²) >= 11 is 0. The summed E-state index contributed by atoms with van der Waals surface area (Å²) in [5.74, 6) is -2.01. The summed E-state index contributed by atoms with van der Waals surface area (Å²) in [5, 5.41) is 0. The quantitative estimate of drug-likeness (QED) is 0.581. The Morgan fingerprint density at radius 3 is 2.22 bits per heavy atom. The number of nitrogens with zero attached hydrogens (tertiary/aromatic N) is 1. The summed E-state index contributed by atoms with van der Waals surface area (Å²) in [7, 11) is 2.41. The first kappa shape index (κ1) is 20.4. The van der Waals surface area contributed by atoms with Crippen LogP contribution in [0.15, 0.2) is 35.5 Å². The van der Waals surface area contributed by atoms with Gasteiger partial charge in [-0.2, -0.15) is 0 Å². The molecule has 0 unspecified atom stereocenters. The van der Waals surface area contributed by atoms with E-state index in [9.17, 15) is 14.4 Å². The molecule has 2 rings (SSSR count). The van der Waals surface area contributed by atoms with Crippen LogP contribution in [0.1, 0.15) is 31.1 Å². The monoisotopic (exact) mass is 377 g/mol. The van der Waals surface area contributed by atoms with Crippen molar-refractivity contribution < 1.29 is 33.3 Å². The molecule has 0 radical (unpaired) electrons. The Labute approximate surface area is 157 Å². The average molecular weight is 377 g/mol. The van der Waals surface area contributed by atoms with Crippen LogP contribution in [0.2, 0.25) is 0 Å². The molecule has 8 heteroatoms. The van der Waals surface area contributed by atoms with E-state index in [0.717, 1.165) is 0 Å². The van der Waals surface area contributed by atoms with Crippen LogP contribution in [0, 0.1) is 0 Å². The number of carbonyl (C=O) groups excluding carboxylic acids is 3. The number of rotatable bonds is 4. The summed E-state index contributed by atoms with van der Waals surface area (Å²) in [6.07, 6.45) is 0. The Bertz CT molecular complexity index is 777. The van der Waals surface area contributed by atoms with Gasteiger partial charge in [-0.1, -0.05) is 12.1 Å². The lowest BCUT2D eigenvalue weighted by Crippen LogP contribution is -2.39. The molecule has 27 heavy (non-hydrogen) atoms. The van der Waals surface area contributed by atoms with Crippen LogP contribution in [0.4, 0.5) is 5.69 Å². The van der Waals surface area contributed by atoms with Gasteiger partial charge in [0.25, 0.3) is 0 Å². The molecule has 146 valence electrons. The van der Waals surface area contributed by atoms with Gasteiger partial charge in [-0.3, -0.25) is 0 Å². The van der Waals surface area contributed by atoms with Crippen molar-refractivity contribution in [1.82, 2.24) is 0 Å². The zero-order valence-corrected chi connectivity index (χ0v) is 16.0. The Morgan fingerprint density at radius 1 is 1.00 bits per heavy atom. The van der Waals surface area contributed by atoms with Crippen molar-refractivity contribution in [2.75, 3.05) is 32.5 Å². The highest BCUT2D eigenvalue weighted by Crippen LogP contribution is 2.30. The third-order valence-electron chi connectivity index (χ3n) is 3.65. The van der Waals surface area contributed by atoms with Gasteiger partial charge in [-0.25, -0.2) is 14.4 Å². The summed E-state index contributed by atoms with van der Waals surface area (Å²) < 4.78 is 20.5. The predicted octanol–water partition coefficient (Wildman–Crippen LogP) is 2.04. The van der Waals surface area contributed by atoms with Gasteiger partial charge >= 0.3 is 17.9 Å². The molecular formula is C19H23NO7. The molecule has 1 aliphatic rings. The van der Waals surface area contributed by atoms with Gasteiger partial charge in [0.15, 0.2) is 0 Å². The highest BCUT2D eigenvalue weighted by molar-refractivity contribution is 6.05. The number of carbonyl (C=O) groups is 3. The first-order valence-corrected chi connectivity index (χ1v) is 8.27. The van der Waals surface area contributed by atoms with E-state index >= 15 is 0 Å². The minimum atomic E-state index is -0.738. The number of methoxy groups -OCH3 is 2. The second-order valence-corrected chi connectivity index (χ2v) is 6.73. The van der Waals surface area contributed by atoms with Gasteiger partial charge in [0.2, 0.25) is 0 Å². The van der Waals surface area contributed by atoms with Crippen molar-refractivity contribution in [1.29, 1.82) is 0 Å². The SMILES string of the molecule is COC(=O)C1=C(C(=O)OC)N(c2ccccc2C(=O)OC(C)(C)C)COC1. The number of hydrogen-bond acceptors (Lipinski definition) is 8. The van der Waals surface area contributed by atoms with Crippen LogP contribution in [0.25, 0.3) is 0 Å². The lowest BCUT2D eigenvalue weighted by atomic mass is 10.1. The van der Waals surface area contributed by atoms with Gasteiger partial charge in [0.1, 0.15) is 18.0 Å². The number of anilines is 1. The van der Waals surface area contributed by atoms with Crippen molar-refractivity contribution in [3.05, 3.63) is 41.1 Å². The fraction of sp³-hybridized carbons (Fsp3) is 0.421. The largest absolute Gasteiger partial charge is 0.466 e. The van der Waals surface area contributed by atoms with Crippen molar-refractivity contribution in [3.63, 3.8) is 0 Å². The first-order valence-electron chi connectivity index (χ1n) is 8.27. The molecule has 0 aromatic heterocycles. The molecule has 1 aromatic carbocycles. The maximum Gasteiger partial charge on any atom is 0.355 e. The van der Waals surface area contributed by atoms with E-state index in [2.05, 4.69) is 0 Å². The predicted molar refractivity (Wildman–Crippen MR) is 96.0 cm³/mol. The summed E-state index contributed by atoms with van der Waals surface area (Å²) in [4.78, 5) is 38.5. The van der Waals surface area contributed by atoms with E-state index in [1.54, 1.807) is 45.0 Å². The van der Waals surface area contributed by atoms with E-state index in [0.29, 0.717) is 5.69 Å². The molecule has 0 saturated heterocycles. The first-order chi connectivity index (χ1) is 12.7. The van der Waals surface area contributed by atoms with Crippen LogP contribution in [0.5, 0.6) is 0 Å². The molecule has 0 saturated carbocycles. The molecule has 8 nitrogen and oxygen atoms in total. The number of benzene rings is 1. The van der Waals surface area contributed by atoms with E-state index in [-0.39, 0.29) is 30.2 Å². The molecule has 0 bridgehead atoms. The van der Waals surface area contributed by atoms with Gasteiger partial charge in [-0.15, -0.1) is 0 Å². The number of esters is 3. The zero-order valence-electron chi connectivity index (χ0n) is 16.0. The highest BCUT2D eigenvalue weighted by Gasteiger charge is 2.34. The van der Waals surface area contributed by atoms with Crippen LogP contribution < -0.4 is 4.90 Å². The third kappa shape index (κ3) is 4.65. The number of ether oxygens (including phenoxy) is 4. The second-order valence-electron chi connectivity index (χ2n) is 6.73. The maximum absolute atomic E-state index is 12.6. The lowest BCUT2D eigenvalue weighted by Gasteiger charge is -2.32. The van der Waals surface area contributed by atoms with E-state index in [1.165, 1.54) is 19.1 Å². The van der Waals surface area contributed by atoms with Crippen LogP contribution in [-0.2, 0) is 28.5 Å². The van der Waals surface area contributed by atoms with E-state index < -0.39 is 23.5 Å². The summed E-state index contributed by atoms with van der Waals surface area (Å²) in [5.41, 5.74) is -0.140. The summed E-state index contributed by atoms with van der Waals surface area (Å²) in [6, 6.07) is 6.58. The fourth-order valence-corrected chi connectivity index (χ4v) is 2.55. The molecule has 0 aliphatic carbocycles. The number of para-hydroxylation sites is 1. The maximum atomic E-state index is 12.6. The molecular weight excluding hydrogens is 354 g/mol. The standard InChI is InChI=1S/C19H23NO7/c1-19(2,3)27-17(22)12-8-6-7-9-14(12)20-11-26-10-13(16(21)24-4)15(20)18(23)25-5/h6-9H,10-11H2,1-5H3. The normalized spacial score (nSPS) is 14.6. The minimum absolute atomic E-state index is 0.00888. The van der Waals surface area contributed by atoms with Gasteiger partial charge in [0.05, 0.1) is 37.7 Å². The van der Waals surface area contributed by atoms with Crippen molar-refractivity contribution in [2.24, 2.45) is 0 Å². The van der Waals surface area contributed by atoms with E-state index in [1.807, 2.05) is 0 Å². The molecule has 0 atom stereocenters. The Hall–Kier alpha value is -2.87. The second kappa shape index (κ2) is 8.22. The van der Waals surface area contributed by atoms with Crippen LogP contribution in [0.3, 0.4) is 0 Å². The highest BCUT2D eigenvalue weighted by atomic mass is 16.6. The Balaban J connectivity index is 2.57. The van der Waals surface area contributed by atoms with Crippen molar-refractivity contribution >= 4 is 23.6 Å². The van der Waals surface area contributed by atoms with Gasteiger partial charge in [-0.05, 0) is 32.9 Å². The Kier molecular flexibility index (Phi) is 6.22. The van der Waals surface area contributed by atoms with E-state index in [4.69, 9.17) is 18.9 Å². The molecule has 1 aliphatic heterocycles. The zero-order chi connectivity index (χ0) is 20.2.